The number of likely N-dealkylation sites (tertiary alicyclic amines) is 1. The van der Waals surface area contributed by atoms with E-state index in [2.05, 4.69) is 0 Å². The zero-order valence-electron chi connectivity index (χ0n) is 11.7. The summed E-state index contributed by atoms with van der Waals surface area (Å²) in [7, 11) is 0. The Hall–Kier alpha value is -1.10. The van der Waals surface area contributed by atoms with E-state index in [0.29, 0.717) is 6.54 Å². The van der Waals surface area contributed by atoms with Gasteiger partial charge >= 0.3 is 11.9 Å². The van der Waals surface area contributed by atoms with E-state index >= 15 is 0 Å². The number of piperidine rings is 1. The van der Waals surface area contributed by atoms with Gasteiger partial charge in [-0.1, -0.05) is 0 Å². The molecule has 0 amide bonds. The Morgan fingerprint density at radius 3 is 2.22 bits per heavy atom. The molecule has 18 heavy (non-hydrogen) atoms. The van der Waals surface area contributed by atoms with Gasteiger partial charge in [-0.15, -0.1) is 0 Å². The fourth-order valence-electron chi connectivity index (χ4n) is 1.98. The van der Waals surface area contributed by atoms with Gasteiger partial charge in [-0.05, 0) is 33.6 Å². The predicted octanol–water partition coefficient (Wildman–Crippen LogP) is 1.36. The van der Waals surface area contributed by atoms with Crippen molar-refractivity contribution in [2.45, 2.75) is 52.2 Å². The van der Waals surface area contributed by atoms with Crippen LogP contribution >= 0.6 is 0 Å². The van der Waals surface area contributed by atoms with Gasteiger partial charge in [-0.25, -0.2) is 0 Å². The highest BCUT2D eigenvalue weighted by Gasteiger charge is 2.24. The number of carbonyl (C=O) groups is 2. The van der Waals surface area contributed by atoms with Gasteiger partial charge < -0.3 is 9.47 Å². The Morgan fingerprint density at radius 1 is 1.22 bits per heavy atom. The minimum atomic E-state index is -0.437. The second-order valence-electron chi connectivity index (χ2n) is 5.67. The van der Waals surface area contributed by atoms with E-state index in [0.717, 1.165) is 25.9 Å². The van der Waals surface area contributed by atoms with Crippen molar-refractivity contribution >= 4 is 11.9 Å². The molecule has 0 saturated carbocycles. The van der Waals surface area contributed by atoms with Crippen LogP contribution in [-0.2, 0) is 19.1 Å². The summed E-state index contributed by atoms with van der Waals surface area (Å²) in [6.45, 7) is 8.83. The Labute approximate surface area is 108 Å². The molecule has 1 heterocycles. The molecule has 1 aliphatic heterocycles. The summed E-state index contributed by atoms with van der Waals surface area (Å²) >= 11 is 0. The summed E-state index contributed by atoms with van der Waals surface area (Å²) in [5.41, 5.74) is -0.437. The van der Waals surface area contributed by atoms with Gasteiger partial charge in [0.1, 0.15) is 11.7 Å². The van der Waals surface area contributed by atoms with Gasteiger partial charge in [0.05, 0.1) is 6.54 Å². The van der Waals surface area contributed by atoms with Crippen LogP contribution in [0.3, 0.4) is 0 Å². The van der Waals surface area contributed by atoms with Crippen LogP contribution in [0.25, 0.3) is 0 Å². The van der Waals surface area contributed by atoms with Gasteiger partial charge in [-0.2, -0.15) is 0 Å². The molecular weight excluding hydrogens is 234 g/mol. The highest BCUT2D eigenvalue weighted by atomic mass is 16.6. The van der Waals surface area contributed by atoms with Crippen LogP contribution in [0.5, 0.6) is 0 Å². The normalized spacial score (nSPS) is 18.4. The van der Waals surface area contributed by atoms with Gasteiger partial charge in [0, 0.05) is 20.0 Å². The second-order valence-corrected chi connectivity index (χ2v) is 5.67. The van der Waals surface area contributed by atoms with Crippen molar-refractivity contribution in [2.24, 2.45) is 0 Å². The number of rotatable bonds is 3. The summed E-state index contributed by atoms with van der Waals surface area (Å²) in [6, 6.07) is 0. The predicted molar refractivity (Wildman–Crippen MR) is 67.1 cm³/mol. The van der Waals surface area contributed by atoms with E-state index < -0.39 is 5.60 Å². The quantitative estimate of drug-likeness (QED) is 0.714. The lowest BCUT2D eigenvalue weighted by atomic mass is 10.1. The van der Waals surface area contributed by atoms with Gasteiger partial charge in [0.2, 0.25) is 0 Å². The molecule has 0 radical (unpaired) electrons. The molecule has 1 fully saturated rings. The minimum Gasteiger partial charge on any atom is -0.462 e. The summed E-state index contributed by atoms with van der Waals surface area (Å²) < 4.78 is 10.4. The number of ether oxygens (including phenoxy) is 2. The van der Waals surface area contributed by atoms with Gasteiger partial charge in [-0.3, -0.25) is 14.5 Å². The third-order valence-electron chi connectivity index (χ3n) is 2.64. The lowest BCUT2D eigenvalue weighted by molar-refractivity contribution is -0.158. The van der Waals surface area contributed by atoms with E-state index in [4.69, 9.17) is 9.47 Å². The van der Waals surface area contributed by atoms with Crippen LogP contribution < -0.4 is 0 Å². The molecule has 0 spiro atoms. The van der Waals surface area contributed by atoms with E-state index in [1.54, 1.807) is 0 Å². The minimum absolute atomic E-state index is 0.00242. The summed E-state index contributed by atoms with van der Waals surface area (Å²) in [5, 5.41) is 0. The zero-order valence-corrected chi connectivity index (χ0v) is 11.7. The van der Waals surface area contributed by atoms with E-state index in [-0.39, 0.29) is 18.0 Å². The molecule has 0 aliphatic carbocycles. The Kier molecular flexibility index (Phi) is 5.14. The van der Waals surface area contributed by atoms with Crippen LogP contribution in [0.4, 0.5) is 0 Å². The standard InChI is InChI=1S/C13H23NO4/c1-10(15)17-11-5-7-14(8-6-11)9-12(16)18-13(2,3)4/h11H,5-9H2,1-4H3. The van der Waals surface area contributed by atoms with Gasteiger partial charge in [0.15, 0.2) is 0 Å². The molecule has 1 aliphatic rings. The first-order valence-corrected chi connectivity index (χ1v) is 6.38. The van der Waals surface area contributed by atoms with Crippen molar-refractivity contribution in [1.82, 2.24) is 4.90 Å². The second kappa shape index (κ2) is 6.18. The number of hydrogen-bond donors (Lipinski definition) is 0. The highest BCUT2D eigenvalue weighted by molar-refractivity contribution is 5.72. The topological polar surface area (TPSA) is 55.8 Å². The van der Waals surface area contributed by atoms with E-state index in [1.807, 2.05) is 25.7 Å². The Balaban J connectivity index is 2.27. The number of hydrogen-bond acceptors (Lipinski definition) is 5. The first-order chi connectivity index (χ1) is 8.26. The smallest absolute Gasteiger partial charge is 0.320 e. The molecule has 0 aromatic carbocycles. The third kappa shape index (κ3) is 6.00. The lowest BCUT2D eigenvalue weighted by Gasteiger charge is -2.31. The number of esters is 2. The van der Waals surface area contributed by atoms with Crippen LogP contribution in [0.1, 0.15) is 40.5 Å². The van der Waals surface area contributed by atoms with Crippen LogP contribution in [-0.4, -0.2) is 48.2 Å². The number of nitrogens with zero attached hydrogens (tertiary/aromatic N) is 1. The fourth-order valence-corrected chi connectivity index (χ4v) is 1.98. The average molecular weight is 257 g/mol. The van der Waals surface area contributed by atoms with Crippen molar-refractivity contribution in [2.75, 3.05) is 19.6 Å². The molecule has 5 heteroatoms. The van der Waals surface area contributed by atoms with Crippen molar-refractivity contribution < 1.29 is 19.1 Å². The third-order valence-corrected chi connectivity index (χ3v) is 2.64. The van der Waals surface area contributed by atoms with Crippen LogP contribution in [0, 0.1) is 0 Å². The number of carbonyl (C=O) groups excluding carboxylic acids is 2. The molecular formula is C13H23NO4. The molecule has 0 N–H and O–H groups in total. The molecule has 104 valence electrons. The SMILES string of the molecule is CC(=O)OC1CCN(CC(=O)OC(C)(C)C)CC1. The molecule has 0 aromatic rings. The summed E-state index contributed by atoms with van der Waals surface area (Å²) in [4.78, 5) is 24.5. The largest absolute Gasteiger partial charge is 0.462 e. The van der Waals surface area contributed by atoms with E-state index in [1.165, 1.54) is 6.92 Å². The fraction of sp³-hybridized carbons (Fsp3) is 0.846. The molecule has 0 aromatic heterocycles. The molecule has 0 bridgehead atoms. The van der Waals surface area contributed by atoms with Crippen LogP contribution in [0.15, 0.2) is 0 Å². The van der Waals surface area contributed by atoms with Crippen molar-refractivity contribution in [3.8, 4) is 0 Å². The van der Waals surface area contributed by atoms with Crippen LogP contribution in [0.2, 0.25) is 0 Å². The Bertz CT molecular complexity index is 301. The monoisotopic (exact) mass is 257 g/mol. The summed E-state index contributed by atoms with van der Waals surface area (Å²) in [6.07, 6.45) is 1.56. The molecule has 5 nitrogen and oxygen atoms in total. The molecule has 1 saturated heterocycles. The van der Waals surface area contributed by atoms with Crippen molar-refractivity contribution in [3.05, 3.63) is 0 Å². The molecule has 0 unspecified atom stereocenters. The van der Waals surface area contributed by atoms with Crippen molar-refractivity contribution in [1.29, 1.82) is 0 Å². The maximum atomic E-state index is 11.6. The van der Waals surface area contributed by atoms with E-state index in [9.17, 15) is 9.59 Å². The highest BCUT2D eigenvalue weighted by Crippen LogP contribution is 2.14. The lowest BCUT2D eigenvalue weighted by Crippen LogP contribution is -2.41. The first kappa shape index (κ1) is 15.0. The average Bonchev–Trinajstić information content (AvgIpc) is 2.17. The zero-order chi connectivity index (χ0) is 13.8. The first-order valence-electron chi connectivity index (χ1n) is 6.38. The Morgan fingerprint density at radius 2 is 1.78 bits per heavy atom. The maximum Gasteiger partial charge on any atom is 0.320 e. The maximum absolute atomic E-state index is 11.6. The van der Waals surface area contributed by atoms with Crippen molar-refractivity contribution in [3.63, 3.8) is 0 Å². The van der Waals surface area contributed by atoms with Gasteiger partial charge in [0.25, 0.3) is 0 Å². The molecule has 0 atom stereocenters. The summed E-state index contributed by atoms with van der Waals surface area (Å²) in [5.74, 6) is -0.436. The molecule has 1 rings (SSSR count).